The van der Waals surface area contributed by atoms with Gasteiger partial charge in [0.2, 0.25) is 5.91 Å². The summed E-state index contributed by atoms with van der Waals surface area (Å²) >= 11 is 1.18. The van der Waals surface area contributed by atoms with Crippen LogP contribution in [-0.2, 0) is 4.79 Å². The van der Waals surface area contributed by atoms with E-state index >= 15 is 0 Å². The molecule has 0 unspecified atom stereocenters. The first-order valence-corrected chi connectivity index (χ1v) is 9.85. The van der Waals surface area contributed by atoms with Gasteiger partial charge in [-0.25, -0.2) is 9.37 Å². The third-order valence-electron chi connectivity index (χ3n) is 5.50. The van der Waals surface area contributed by atoms with Gasteiger partial charge in [0.1, 0.15) is 10.7 Å². The van der Waals surface area contributed by atoms with Gasteiger partial charge in [-0.1, -0.05) is 30.4 Å². The van der Waals surface area contributed by atoms with Crippen molar-refractivity contribution in [1.82, 2.24) is 14.8 Å². The molecule has 3 heterocycles. The first kappa shape index (κ1) is 17.9. The van der Waals surface area contributed by atoms with Crippen LogP contribution in [0.1, 0.15) is 34.6 Å². The highest BCUT2D eigenvalue weighted by Gasteiger charge is 2.50. The van der Waals surface area contributed by atoms with Gasteiger partial charge in [0.05, 0.1) is 12.2 Å². The summed E-state index contributed by atoms with van der Waals surface area (Å²) in [5.41, 5.74) is 6.44. The largest absolute Gasteiger partial charge is 0.375 e. The minimum Gasteiger partial charge on any atom is -0.375 e. The smallest absolute Gasteiger partial charge is 0.265 e. The zero-order chi connectivity index (χ0) is 19.1. The number of aromatic nitrogens is 1. The maximum absolute atomic E-state index is 13.8. The van der Waals surface area contributed by atoms with Crippen molar-refractivity contribution in [3.63, 3.8) is 0 Å². The molecule has 6 nitrogen and oxygen atoms in total. The highest BCUT2D eigenvalue weighted by molar-refractivity contribution is 7.17. The lowest BCUT2D eigenvalue weighted by Gasteiger charge is -2.29. The number of fused-ring (bicyclic) bond motifs is 1. The number of amides is 2. The molecule has 27 heavy (non-hydrogen) atoms. The van der Waals surface area contributed by atoms with Crippen molar-refractivity contribution < 1.29 is 14.0 Å². The lowest BCUT2D eigenvalue weighted by atomic mass is 9.89. The maximum Gasteiger partial charge on any atom is 0.265 e. The molecule has 0 aliphatic carbocycles. The van der Waals surface area contributed by atoms with Gasteiger partial charge in [-0.3, -0.25) is 9.59 Å². The second kappa shape index (κ2) is 6.92. The number of benzene rings is 1. The Hall–Kier alpha value is -2.48. The van der Waals surface area contributed by atoms with Crippen molar-refractivity contribution in [2.45, 2.75) is 19.4 Å². The van der Waals surface area contributed by atoms with Crippen LogP contribution in [0.25, 0.3) is 0 Å². The molecule has 3 atom stereocenters. The van der Waals surface area contributed by atoms with E-state index in [4.69, 9.17) is 5.73 Å². The van der Waals surface area contributed by atoms with Crippen molar-refractivity contribution in [2.75, 3.05) is 25.4 Å². The second-order valence-electron chi connectivity index (χ2n) is 7.10. The summed E-state index contributed by atoms with van der Waals surface area (Å²) in [4.78, 5) is 33.4. The molecule has 2 N–H and O–H groups in total. The summed E-state index contributed by atoms with van der Waals surface area (Å²) < 4.78 is 13.8. The lowest BCUT2D eigenvalue weighted by Crippen LogP contribution is -2.37. The number of nitrogen functional groups attached to an aromatic ring is 1. The Morgan fingerprint density at radius 2 is 2.15 bits per heavy atom. The molecule has 142 valence electrons. The Morgan fingerprint density at radius 1 is 1.33 bits per heavy atom. The minimum absolute atomic E-state index is 0.0618. The molecule has 8 heteroatoms. The normalized spacial score (nSPS) is 24.3. The van der Waals surface area contributed by atoms with Gasteiger partial charge in [-0.05, 0) is 17.7 Å². The average Bonchev–Trinajstić information content (AvgIpc) is 3.34. The van der Waals surface area contributed by atoms with Crippen LogP contribution in [0.4, 0.5) is 9.52 Å². The van der Waals surface area contributed by atoms with Crippen LogP contribution in [-0.4, -0.2) is 46.2 Å². The van der Waals surface area contributed by atoms with E-state index in [0.717, 1.165) is 5.56 Å². The third kappa shape index (κ3) is 3.18. The van der Waals surface area contributed by atoms with Gasteiger partial charge in [0.25, 0.3) is 5.91 Å². The van der Waals surface area contributed by atoms with Crippen LogP contribution in [0.3, 0.4) is 0 Å². The van der Waals surface area contributed by atoms with E-state index in [-0.39, 0.29) is 35.5 Å². The van der Waals surface area contributed by atoms with Gasteiger partial charge >= 0.3 is 0 Å². The quantitative estimate of drug-likeness (QED) is 0.876. The molecule has 2 fully saturated rings. The molecular weight excluding hydrogens is 367 g/mol. The second-order valence-corrected chi connectivity index (χ2v) is 8.16. The van der Waals surface area contributed by atoms with E-state index in [1.807, 2.05) is 22.8 Å². The zero-order valence-corrected chi connectivity index (χ0v) is 15.8. The van der Waals surface area contributed by atoms with Gasteiger partial charge in [-0.15, -0.1) is 0 Å². The summed E-state index contributed by atoms with van der Waals surface area (Å²) in [6.07, 6.45) is 1.92. The number of hydrogen-bond acceptors (Lipinski definition) is 5. The van der Waals surface area contributed by atoms with Gasteiger partial charge in [-0.2, -0.15) is 0 Å². The van der Waals surface area contributed by atoms with Crippen molar-refractivity contribution in [1.29, 1.82) is 0 Å². The maximum atomic E-state index is 13.8. The fourth-order valence-corrected chi connectivity index (χ4v) is 4.98. The minimum atomic E-state index is -0.314. The number of anilines is 1. The Morgan fingerprint density at radius 3 is 2.81 bits per heavy atom. The molecule has 2 aliphatic rings. The zero-order valence-electron chi connectivity index (χ0n) is 15.0. The highest BCUT2D eigenvalue weighted by atomic mass is 32.1. The number of rotatable bonds is 3. The summed E-state index contributed by atoms with van der Waals surface area (Å²) in [6, 6.07) is 6.23. The lowest BCUT2D eigenvalue weighted by molar-refractivity contribution is -0.132. The van der Waals surface area contributed by atoms with Crippen molar-refractivity contribution in [3.8, 4) is 0 Å². The van der Waals surface area contributed by atoms with E-state index in [0.29, 0.717) is 36.1 Å². The Kier molecular flexibility index (Phi) is 4.59. The molecule has 0 saturated carbocycles. The van der Waals surface area contributed by atoms with Gasteiger partial charge in [0, 0.05) is 37.9 Å². The number of thiazole rings is 1. The van der Waals surface area contributed by atoms with Gasteiger partial charge in [0.15, 0.2) is 5.13 Å². The predicted octanol–water partition coefficient (Wildman–Crippen LogP) is 2.55. The number of hydrogen-bond donors (Lipinski definition) is 1. The Bertz CT molecular complexity index is 886. The molecule has 1 aromatic carbocycles. The molecule has 0 radical (unpaired) electrons. The molecule has 2 amide bonds. The van der Waals surface area contributed by atoms with Crippen LogP contribution in [0.15, 0.2) is 30.5 Å². The highest BCUT2D eigenvalue weighted by Crippen LogP contribution is 2.45. The molecule has 2 aliphatic heterocycles. The molecule has 4 rings (SSSR count). The molecule has 0 spiro atoms. The first-order chi connectivity index (χ1) is 13.0. The summed E-state index contributed by atoms with van der Waals surface area (Å²) in [7, 11) is 0. The Labute approximate surface area is 160 Å². The van der Waals surface area contributed by atoms with E-state index in [1.165, 1.54) is 29.7 Å². The van der Waals surface area contributed by atoms with E-state index in [9.17, 15) is 14.0 Å². The van der Waals surface area contributed by atoms with Gasteiger partial charge < -0.3 is 15.5 Å². The van der Waals surface area contributed by atoms with E-state index in [1.54, 1.807) is 6.07 Å². The third-order valence-corrected chi connectivity index (χ3v) is 6.31. The molecule has 2 aromatic rings. The van der Waals surface area contributed by atoms with Crippen molar-refractivity contribution in [2.24, 2.45) is 11.8 Å². The topological polar surface area (TPSA) is 79.5 Å². The van der Waals surface area contributed by atoms with Crippen LogP contribution in [0.2, 0.25) is 0 Å². The number of carbonyl (C=O) groups excluding carboxylic acids is 2. The van der Waals surface area contributed by atoms with E-state index < -0.39 is 0 Å². The first-order valence-electron chi connectivity index (χ1n) is 9.03. The fourth-order valence-electron chi connectivity index (χ4n) is 4.33. The molecule has 1 aromatic heterocycles. The van der Waals surface area contributed by atoms with E-state index in [2.05, 4.69) is 4.98 Å². The number of carbonyl (C=O) groups is 2. The predicted molar refractivity (Wildman–Crippen MR) is 101 cm³/mol. The van der Waals surface area contributed by atoms with Crippen LogP contribution < -0.4 is 5.73 Å². The van der Waals surface area contributed by atoms with Crippen LogP contribution >= 0.6 is 11.3 Å². The summed E-state index contributed by atoms with van der Waals surface area (Å²) in [5, 5.41) is 0.370. The Balaban J connectivity index is 1.61. The molecule has 2 saturated heterocycles. The SMILES string of the molecule is CCC(=O)N1C[C@@H]2CN(C(=O)c3cnc(N)s3)C[C@@H]2[C@H]1c1cccc(F)c1. The summed E-state index contributed by atoms with van der Waals surface area (Å²) in [5.74, 6) is -0.0536. The van der Waals surface area contributed by atoms with Crippen molar-refractivity contribution in [3.05, 3.63) is 46.7 Å². The number of halogens is 1. The fraction of sp³-hybridized carbons (Fsp3) is 0.421. The molecule has 0 bridgehead atoms. The average molecular weight is 388 g/mol. The van der Waals surface area contributed by atoms with Crippen LogP contribution in [0, 0.1) is 17.7 Å². The van der Waals surface area contributed by atoms with Crippen molar-refractivity contribution >= 4 is 28.3 Å². The number of nitrogens with zero attached hydrogens (tertiary/aromatic N) is 3. The number of nitrogens with two attached hydrogens (primary N) is 1. The number of likely N-dealkylation sites (tertiary alicyclic amines) is 2. The molecular formula is C19H21FN4O2S. The monoisotopic (exact) mass is 388 g/mol. The standard InChI is InChI=1S/C19H21FN4O2S/c1-2-16(25)24-9-12-8-23(18(26)15-7-22-19(21)27-15)10-14(12)17(24)11-4-3-5-13(20)6-11/h3-7,12,14,17H,2,8-10H2,1H3,(H2,21,22)/t12-,14-,17+/m0/s1. The summed E-state index contributed by atoms with van der Waals surface area (Å²) in [6.45, 7) is 3.55. The van der Waals surface area contributed by atoms with Crippen LogP contribution in [0.5, 0.6) is 0 Å².